The Labute approximate surface area is 66.8 Å². The van der Waals surface area contributed by atoms with E-state index in [1.54, 1.807) is 0 Å². The summed E-state index contributed by atoms with van der Waals surface area (Å²) in [6, 6.07) is 1.30. The van der Waals surface area contributed by atoms with Crippen molar-refractivity contribution >= 4 is 25.3 Å². The van der Waals surface area contributed by atoms with E-state index in [1.807, 2.05) is 0 Å². The standard InChI is InChI=1S/C5H14O2Si3/c1-9-5-3-2-4-7-8-10(9)6/h9H,2-5,8H2,1H3. The molecule has 0 aromatic carbocycles. The van der Waals surface area contributed by atoms with Crippen molar-refractivity contribution in [2.75, 3.05) is 6.61 Å². The van der Waals surface area contributed by atoms with Crippen LogP contribution in [0.15, 0.2) is 0 Å². The molecule has 0 bridgehead atoms. The second-order valence-corrected chi connectivity index (χ2v) is 17.2. The van der Waals surface area contributed by atoms with Gasteiger partial charge in [-0.25, -0.2) is 0 Å². The number of hydrogen-bond donors (Lipinski definition) is 0. The summed E-state index contributed by atoms with van der Waals surface area (Å²) in [6.07, 6.45) is 2.47. The second-order valence-electron chi connectivity index (χ2n) is 2.92. The lowest BCUT2D eigenvalue weighted by Gasteiger charge is -2.11. The van der Waals surface area contributed by atoms with Gasteiger partial charge in [-0.2, -0.15) is 0 Å². The predicted octanol–water partition coefficient (Wildman–Crippen LogP) is -0.265. The highest BCUT2D eigenvalue weighted by molar-refractivity contribution is 7.37. The third-order valence-corrected chi connectivity index (χ3v) is 18.5. The fraction of sp³-hybridized carbons (Fsp3) is 1.00. The molecule has 10 heavy (non-hydrogen) atoms. The molecule has 0 saturated carbocycles. The first kappa shape index (κ1) is 8.51. The van der Waals surface area contributed by atoms with Crippen LogP contribution in [-0.2, 0) is 8.89 Å². The Balaban J connectivity index is 2.35. The molecule has 0 radical (unpaired) electrons. The Kier molecular flexibility index (Phi) is 3.68. The van der Waals surface area contributed by atoms with Crippen LogP contribution in [0.1, 0.15) is 12.8 Å². The van der Waals surface area contributed by atoms with E-state index in [9.17, 15) is 4.46 Å². The maximum atomic E-state index is 11.4. The molecular weight excluding hydrogens is 176 g/mol. The molecule has 0 spiro atoms. The predicted molar refractivity (Wildman–Crippen MR) is 48.0 cm³/mol. The lowest BCUT2D eigenvalue weighted by Crippen LogP contribution is -2.33. The van der Waals surface area contributed by atoms with Gasteiger partial charge in [0.2, 0.25) is 9.28 Å². The molecule has 1 fully saturated rings. The molecule has 0 aromatic heterocycles. The minimum atomic E-state index is -1.12. The van der Waals surface area contributed by atoms with E-state index in [1.165, 1.54) is 18.9 Å². The average molecular weight is 190 g/mol. The maximum Gasteiger partial charge on any atom is 0.258 e. The largest absolute Gasteiger partial charge is 0.420 e. The van der Waals surface area contributed by atoms with Crippen molar-refractivity contribution in [3.05, 3.63) is 0 Å². The van der Waals surface area contributed by atoms with Crippen LogP contribution in [-0.4, -0.2) is 31.9 Å². The van der Waals surface area contributed by atoms with E-state index in [2.05, 4.69) is 6.55 Å². The van der Waals surface area contributed by atoms with Crippen molar-refractivity contribution in [3.8, 4) is 0 Å². The van der Waals surface area contributed by atoms with Crippen LogP contribution in [0, 0.1) is 0 Å². The summed E-state index contributed by atoms with van der Waals surface area (Å²) in [7, 11) is -2.47. The monoisotopic (exact) mass is 190 g/mol. The van der Waals surface area contributed by atoms with E-state index in [-0.39, 0.29) is 0 Å². The molecule has 5 heteroatoms. The maximum absolute atomic E-state index is 11.4. The van der Waals surface area contributed by atoms with Crippen LogP contribution in [0.5, 0.6) is 0 Å². The Morgan fingerprint density at radius 3 is 3.20 bits per heavy atom. The molecule has 1 atom stereocenters. The van der Waals surface area contributed by atoms with Crippen molar-refractivity contribution in [2.45, 2.75) is 25.4 Å². The van der Waals surface area contributed by atoms with Gasteiger partial charge in [0, 0.05) is 6.61 Å². The zero-order valence-corrected chi connectivity index (χ0v) is 10.00. The van der Waals surface area contributed by atoms with E-state index in [0.29, 0.717) is 0 Å². The van der Waals surface area contributed by atoms with Gasteiger partial charge in [0.25, 0.3) is 7.72 Å². The highest BCUT2D eigenvalue weighted by Gasteiger charge is 2.19. The molecule has 1 rings (SSSR count). The van der Waals surface area contributed by atoms with Gasteiger partial charge < -0.3 is 8.89 Å². The summed E-state index contributed by atoms with van der Waals surface area (Å²) in [5.41, 5.74) is 0. The lowest BCUT2D eigenvalue weighted by atomic mass is 10.4. The van der Waals surface area contributed by atoms with Crippen molar-refractivity contribution in [1.29, 1.82) is 0 Å². The van der Waals surface area contributed by atoms with Gasteiger partial charge in [-0.05, 0) is 6.42 Å². The molecule has 1 aliphatic rings. The Hall–Kier alpha value is 0.411. The molecule has 0 amide bonds. The first-order chi connectivity index (χ1) is 4.80. The Morgan fingerprint density at radius 2 is 2.40 bits per heavy atom. The first-order valence-electron chi connectivity index (χ1n) is 3.91. The van der Waals surface area contributed by atoms with Gasteiger partial charge in [0.1, 0.15) is 0 Å². The molecule has 1 saturated heterocycles. The summed E-state index contributed by atoms with van der Waals surface area (Å²) in [5.74, 6) is 0. The van der Waals surface area contributed by atoms with Gasteiger partial charge >= 0.3 is 0 Å². The third kappa shape index (κ3) is 2.57. The molecule has 58 valence electrons. The van der Waals surface area contributed by atoms with Crippen LogP contribution < -0.4 is 0 Å². The normalized spacial score (nSPS) is 31.7. The average Bonchev–Trinajstić information content (AvgIpc) is 1.92. The zero-order chi connectivity index (χ0) is 7.40. The van der Waals surface area contributed by atoms with Crippen molar-refractivity contribution in [1.82, 2.24) is 0 Å². The molecule has 0 aliphatic carbocycles. The van der Waals surface area contributed by atoms with E-state index >= 15 is 0 Å². The molecule has 0 N–H and O–H groups in total. The van der Waals surface area contributed by atoms with Gasteiger partial charge in [-0.15, -0.1) is 0 Å². The number of rotatable bonds is 0. The van der Waals surface area contributed by atoms with Gasteiger partial charge in [0.15, 0.2) is 0 Å². The SMILES string of the molecule is C[SiH]1CCCCO[SiH2][Si]1=O. The first-order valence-corrected chi connectivity index (χ1v) is 12.0. The lowest BCUT2D eigenvalue weighted by molar-refractivity contribution is 0.332. The summed E-state index contributed by atoms with van der Waals surface area (Å²) >= 11 is 0. The number of hydrogen-bond acceptors (Lipinski definition) is 2. The van der Waals surface area contributed by atoms with Gasteiger partial charge in [-0.3, -0.25) is 0 Å². The fourth-order valence-corrected chi connectivity index (χ4v) is 12.1. The fourth-order valence-electron chi connectivity index (χ4n) is 1.13. The minimum absolute atomic E-state index is 0.564. The topological polar surface area (TPSA) is 26.3 Å². The molecule has 1 heterocycles. The summed E-state index contributed by atoms with van der Waals surface area (Å²) in [5, 5.41) is 0. The quantitative estimate of drug-likeness (QED) is 0.492. The Bertz CT molecular complexity index is 128. The smallest absolute Gasteiger partial charge is 0.258 e. The van der Waals surface area contributed by atoms with Crippen LogP contribution in [0.3, 0.4) is 0 Å². The molecular formula is C5H14O2Si3. The second kappa shape index (κ2) is 4.32. The van der Waals surface area contributed by atoms with Crippen molar-refractivity contribution in [3.63, 3.8) is 0 Å². The van der Waals surface area contributed by atoms with E-state index in [0.717, 1.165) is 6.61 Å². The van der Waals surface area contributed by atoms with Crippen molar-refractivity contribution in [2.24, 2.45) is 0 Å². The minimum Gasteiger partial charge on any atom is -0.420 e. The molecule has 0 aromatic rings. The van der Waals surface area contributed by atoms with Crippen LogP contribution in [0.2, 0.25) is 12.6 Å². The molecule has 1 aliphatic heterocycles. The zero-order valence-electron chi connectivity index (χ0n) is 6.43. The highest BCUT2D eigenvalue weighted by atomic mass is 29.6. The third-order valence-electron chi connectivity index (χ3n) is 1.97. The van der Waals surface area contributed by atoms with Crippen LogP contribution >= 0.6 is 0 Å². The highest BCUT2D eigenvalue weighted by Crippen LogP contribution is 2.04. The van der Waals surface area contributed by atoms with Crippen molar-refractivity contribution < 1.29 is 8.89 Å². The molecule has 1 unspecified atom stereocenters. The van der Waals surface area contributed by atoms with E-state index < -0.39 is 25.3 Å². The Morgan fingerprint density at radius 1 is 1.60 bits per heavy atom. The summed E-state index contributed by atoms with van der Waals surface area (Å²) in [4.78, 5) is 0. The summed E-state index contributed by atoms with van der Waals surface area (Å²) in [6.45, 7) is 3.13. The van der Waals surface area contributed by atoms with Gasteiger partial charge in [0.05, 0.1) is 8.31 Å². The van der Waals surface area contributed by atoms with E-state index in [4.69, 9.17) is 4.43 Å². The van der Waals surface area contributed by atoms with Crippen LogP contribution in [0.25, 0.3) is 0 Å². The summed E-state index contributed by atoms with van der Waals surface area (Å²) < 4.78 is 16.7. The van der Waals surface area contributed by atoms with Crippen LogP contribution in [0.4, 0.5) is 0 Å². The van der Waals surface area contributed by atoms with Gasteiger partial charge in [-0.1, -0.05) is 19.0 Å². The molecule has 2 nitrogen and oxygen atoms in total.